The minimum atomic E-state index is -0.471. The van der Waals surface area contributed by atoms with Crippen LogP contribution in [0.2, 0.25) is 0 Å². The predicted octanol–water partition coefficient (Wildman–Crippen LogP) is 2.32. The van der Waals surface area contributed by atoms with E-state index in [1.165, 1.54) is 0 Å². The van der Waals surface area contributed by atoms with Crippen LogP contribution in [0.5, 0.6) is 0 Å². The van der Waals surface area contributed by atoms with Crippen LogP contribution in [0, 0.1) is 11.8 Å². The first-order valence-corrected chi connectivity index (χ1v) is 7.98. The normalized spacial score (nSPS) is 23.8. The van der Waals surface area contributed by atoms with Crippen molar-refractivity contribution < 1.29 is 19.4 Å². The zero-order valence-electron chi connectivity index (χ0n) is 13.6. The highest BCUT2D eigenvalue weighted by molar-refractivity contribution is 6.02. The summed E-state index contributed by atoms with van der Waals surface area (Å²) in [6, 6.07) is 3.52. The lowest BCUT2D eigenvalue weighted by Crippen LogP contribution is -2.37. The number of aliphatic hydroxyl groups is 1. The first kappa shape index (κ1) is 17.4. The molecule has 23 heavy (non-hydrogen) atoms. The molecule has 6 nitrogen and oxygen atoms in total. The molecular formula is C17H24N2O4. The van der Waals surface area contributed by atoms with Gasteiger partial charge in [0.25, 0.3) is 5.91 Å². The van der Waals surface area contributed by atoms with Crippen molar-refractivity contribution in [2.45, 2.75) is 33.0 Å². The van der Waals surface area contributed by atoms with Crippen LogP contribution in [-0.2, 0) is 14.3 Å². The lowest BCUT2D eigenvalue weighted by atomic mass is 9.87. The molecule has 2 N–H and O–H groups in total. The van der Waals surface area contributed by atoms with Crippen molar-refractivity contribution in [1.29, 1.82) is 0 Å². The summed E-state index contributed by atoms with van der Waals surface area (Å²) in [5, 5.41) is 11.8. The molecule has 0 bridgehead atoms. The third-order valence-corrected chi connectivity index (χ3v) is 3.85. The summed E-state index contributed by atoms with van der Waals surface area (Å²) in [4.78, 5) is 16.3. The van der Waals surface area contributed by atoms with Gasteiger partial charge < -0.3 is 19.9 Å². The maximum Gasteiger partial charge on any atom is 0.290 e. The van der Waals surface area contributed by atoms with E-state index in [-0.39, 0.29) is 30.1 Å². The van der Waals surface area contributed by atoms with Gasteiger partial charge in [-0.15, -0.1) is 0 Å². The van der Waals surface area contributed by atoms with Crippen molar-refractivity contribution in [3.8, 4) is 0 Å². The molecule has 0 aromatic carbocycles. The van der Waals surface area contributed by atoms with Crippen molar-refractivity contribution >= 4 is 11.6 Å². The topological polar surface area (TPSA) is 80.7 Å². The Morgan fingerprint density at radius 1 is 1.52 bits per heavy atom. The minimum absolute atomic E-state index is 0.122. The van der Waals surface area contributed by atoms with E-state index in [9.17, 15) is 4.79 Å². The third-order valence-electron chi connectivity index (χ3n) is 3.85. The summed E-state index contributed by atoms with van der Waals surface area (Å²) in [6.07, 6.45) is 6.05. The number of aromatic nitrogens is 1. The molecule has 1 aromatic heterocycles. The van der Waals surface area contributed by atoms with Gasteiger partial charge in [-0.3, -0.25) is 9.78 Å². The number of pyridine rings is 1. The van der Waals surface area contributed by atoms with Crippen LogP contribution in [0.3, 0.4) is 0 Å². The first-order chi connectivity index (χ1) is 11.2. The largest absolute Gasteiger partial charge is 0.459 e. The van der Waals surface area contributed by atoms with Crippen LogP contribution >= 0.6 is 0 Å². The molecule has 1 amide bonds. The number of allylic oxidation sites excluding steroid dienone is 1. The molecule has 0 unspecified atom stereocenters. The fourth-order valence-corrected chi connectivity index (χ4v) is 2.67. The average molecular weight is 320 g/mol. The Bertz CT molecular complexity index is 533. The van der Waals surface area contributed by atoms with Gasteiger partial charge in [-0.1, -0.05) is 6.92 Å². The number of nitrogens with one attached hydrogen (secondary N) is 1. The maximum absolute atomic E-state index is 12.4. The molecule has 0 saturated carbocycles. The van der Waals surface area contributed by atoms with Gasteiger partial charge in [0.2, 0.25) is 6.29 Å². The van der Waals surface area contributed by atoms with Crippen molar-refractivity contribution in [3.63, 3.8) is 0 Å². The number of ether oxygens (including phenoxy) is 2. The number of hydrogen-bond donors (Lipinski definition) is 2. The lowest BCUT2D eigenvalue weighted by Gasteiger charge is -2.35. The van der Waals surface area contributed by atoms with E-state index in [4.69, 9.17) is 14.6 Å². The zero-order chi connectivity index (χ0) is 16.7. The van der Waals surface area contributed by atoms with E-state index >= 15 is 0 Å². The lowest BCUT2D eigenvalue weighted by molar-refractivity contribution is -0.169. The molecule has 3 atom stereocenters. The fourth-order valence-electron chi connectivity index (χ4n) is 2.67. The van der Waals surface area contributed by atoms with Gasteiger partial charge in [0.05, 0.1) is 11.9 Å². The molecule has 6 heteroatoms. The van der Waals surface area contributed by atoms with E-state index in [1.54, 1.807) is 24.5 Å². The molecule has 0 spiro atoms. The maximum atomic E-state index is 12.4. The first-order valence-electron chi connectivity index (χ1n) is 7.98. The van der Waals surface area contributed by atoms with Crippen LogP contribution in [-0.4, -0.2) is 35.5 Å². The number of rotatable bonds is 7. The average Bonchev–Trinajstić information content (AvgIpc) is 2.55. The highest BCUT2D eigenvalue weighted by Gasteiger charge is 2.34. The molecule has 1 aliphatic rings. The van der Waals surface area contributed by atoms with E-state index in [0.29, 0.717) is 18.7 Å². The molecule has 0 saturated heterocycles. The van der Waals surface area contributed by atoms with Gasteiger partial charge in [0.15, 0.2) is 5.76 Å². The van der Waals surface area contributed by atoms with Gasteiger partial charge in [0, 0.05) is 25.3 Å². The number of hydrogen-bond acceptors (Lipinski definition) is 5. The molecule has 2 rings (SSSR count). The smallest absolute Gasteiger partial charge is 0.290 e. The molecule has 0 aliphatic carbocycles. The Hall–Kier alpha value is -1.92. The Balaban J connectivity index is 2.08. The molecule has 1 aromatic rings. The van der Waals surface area contributed by atoms with Crippen molar-refractivity contribution in [2.24, 2.45) is 11.8 Å². The Labute approximate surface area is 136 Å². The predicted molar refractivity (Wildman–Crippen MR) is 86.4 cm³/mol. The molecular weight excluding hydrogens is 296 g/mol. The molecule has 0 fully saturated rings. The number of aliphatic hydroxyl groups excluding tert-OH is 1. The molecule has 126 valence electrons. The Kier molecular flexibility index (Phi) is 6.55. The second-order valence-electron chi connectivity index (χ2n) is 5.56. The molecule has 2 heterocycles. The number of amides is 1. The van der Waals surface area contributed by atoms with Crippen LogP contribution in [0.25, 0.3) is 0 Å². The SMILES string of the molecule is CCO[C@H]1OC(C(=O)Nc2cccnc2)=C[C@@H](C)[C@@H]1CCCO. The van der Waals surface area contributed by atoms with Gasteiger partial charge in [-0.05, 0) is 43.9 Å². The quantitative estimate of drug-likeness (QED) is 0.806. The standard InChI is InChI=1S/C17H24N2O4/c1-3-22-17-14(7-5-9-20)12(2)10-15(23-17)16(21)19-13-6-4-8-18-11-13/h4,6,8,10-12,14,17,20H,3,5,7,9H2,1-2H3,(H,19,21)/t12-,14+,17+/m1/s1. The Morgan fingerprint density at radius 2 is 2.35 bits per heavy atom. The second-order valence-corrected chi connectivity index (χ2v) is 5.56. The van der Waals surface area contributed by atoms with E-state index in [0.717, 1.165) is 6.42 Å². The van der Waals surface area contributed by atoms with E-state index in [1.807, 2.05) is 19.9 Å². The van der Waals surface area contributed by atoms with Gasteiger partial charge >= 0.3 is 0 Å². The summed E-state index contributed by atoms with van der Waals surface area (Å²) in [6.45, 7) is 4.57. The van der Waals surface area contributed by atoms with Crippen molar-refractivity contribution in [3.05, 3.63) is 36.4 Å². The van der Waals surface area contributed by atoms with E-state index < -0.39 is 6.29 Å². The monoisotopic (exact) mass is 320 g/mol. The molecule has 0 radical (unpaired) electrons. The van der Waals surface area contributed by atoms with Gasteiger partial charge in [-0.25, -0.2) is 0 Å². The summed E-state index contributed by atoms with van der Waals surface area (Å²) in [5.41, 5.74) is 0.616. The summed E-state index contributed by atoms with van der Waals surface area (Å²) in [7, 11) is 0. The highest BCUT2D eigenvalue weighted by atomic mass is 16.7. The number of carbonyl (C=O) groups excluding carboxylic acids is 1. The minimum Gasteiger partial charge on any atom is -0.459 e. The van der Waals surface area contributed by atoms with Gasteiger partial charge in [0.1, 0.15) is 0 Å². The van der Waals surface area contributed by atoms with Crippen molar-refractivity contribution in [1.82, 2.24) is 4.98 Å². The van der Waals surface area contributed by atoms with E-state index in [2.05, 4.69) is 10.3 Å². The fraction of sp³-hybridized carbons (Fsp3) is 0.529. The third kappa shape index (κ3) is 4.77. The summed E-state index contributed by atoms with van der Waals surface area (Å²) in [5.74, 6) is 0.203. The summed E-state index contributed by atoms with van der Waals surface area (Å²) < 4.78 is 11.4. The van der Waals surface area contributed by atoms with Crippen LogP contribution < -0.4 is 5.32 Å². The Morgan fingerprint density at radius 3 is 3.00 bits per heavy atom. The van der Waals surface area contributed by atoms with Gasteiger partial charge in [-0.2, -0.15) is 0 Å². The number of anilines is 1. The van der Waals surface area contributed by atoms with Crippen molar-refractivity contribution in [2.75, 3.05) is 18.5 Å². The van der Waals surface area contributed by atoms with Crippen LogP contribution in [0.4, 0.5) is 5.69 Å². The van der Waals surface area contributed by atoms with Crippen LogP contribution in [0.1, 0.15) is 26.7 Å². The zero-order valence-corrected chi connectivity index (χ0v) is 13.6. The second kappa shape index (κ2) is 8.64. The highest BCUT2D eigenvalue weighted by Crippen LogP contribution is 2.32. The number of nitrogens with zero attached hydrogens (tertiary/aromatic N) is 1. The molecule has 1 aliphatic heterocycles. The number of carbonyl (C=O) groups is 1. The summed E-state index contributed by atoms with van der Waals surface area (Å²) >= 11 is 0. The van der Waals surface area contributed by atoms with Crippen LogP contribution in [0.15, 0.2) is 36.4 Å².